The molecule has 1 aliphatic heterocycles. The lowest BCUT2D eigenvalue weighted by Gasteiger charge is -2.27. The number of fused-ring (bicyclic) bond motifs is 1. The molecule has 0 amide bonds. The molecule has 2 atom stereocenters. The van der Waals surface area contributed by atoms with E-state index in [9.17, 15) is 27.5 Å². The van der Waals surface area contributed by atoms with Crippen LogP contribution in [-0.2, 0) is 11.2 Å². The molecule has 208 valence electrons. The molecule has 0 bridgehead atoms. The number of carboxylic acids is 2. The average molecular weight is 570 g/mol. The van der Waals surface area contributed by atoms with Crippen molar-refractivity contribution in [2.24, 2.45) is 0 Å². The predicted octanol–water partition coefficient (Wildman–Crippen LogP) is 5.49. The highest BCUT2D eigenvalue weighted by molar-refractivity contribution is 6.30. The molecule has 0 spiro atoms. The second kappa shape index (κ2) is 12.9. The molecule has 4 rings (SSSR count). The summed E-state index contributed by atoms with van der Waals surface area (Å²) in [5.74, 6) is -3.42. The molecule has 1 aliphatic rings. The number of aliphatic hydroxyl groups excluding tert-OH is 1. The van der Waals surface area contributed by atoms with Crippen LogP contribution in [0, 0.1) is 5.82 Å². The van der Waals surface area contributed by atoms with Gasteiger partial charge in [0.25, 0.3) is 0 Å². The molecule has 0 fully saturated rings. The number of hydrogen-bond donors (Lipinski definition) is 4. The number of benzene rings is 3. The van der Waals surface area contributed by atoms with Gasteiger partial charge in [0, 0.05) is 13.1 Å². The maximum atomic E-state index is 13.6. The van der Waals surface area contributed by atoms with E-state index in [2.05, 4.69) is 11.4 Å². The first-order valence-electron chi connectivity index (χ1n) is 11.6. The molecule has 7 nitrogen and oxygen atoms in total. The number of ether oxygens (including phenoxy) is 1. The zero-order valence-corrected chi connectivity index (χ0v) is 21.0. The van der Waals surface area contributed by atoms with Crippen LogP contribution in [0.25, 0.3) is 11.1 Å². The largest absolute Gasteiger partial charge is 0.490 e. The van der Waals surface area contributed by atoms with Crippen molar-refractivity contribution in [3.63, 3.8) is 0 Å². The molecule has 0 unspecified atom stereocenters. The first-order valence-corrected chi connectivity index (χ1v) is 12.0. The molecule has 3 aromatic rings. The van der Waals surface area contributed by atoms with Crippen LogP contribution in [0.3, 0.4) is 0 Å². The maximum Gasteiger partial charge on any atom is 0.490 e. The van der Waals surface area contributed by atoms with Crippen LogP contribution in [0.4, 0.5) is 17.6 Å². The van der Waals surface area contributed by atoms with Gasteiger partial charge in [-0.1, -0.05) is 35.9 Å². The molecular formula is C27H24ClF4NO6. The molecule has 12 heteroatoms. The Kier molecular flexibility index (Phi) is 9.90. The molecule has 1 heterocycles. The topological polar surface area (TPSA) is 116 Å². The molecule has 39 heavy (non-hydrogen) atoms. The number of halogens is 5. The Morgan fingerprint density at radius 3 is 2.26 bits per heavy atom. The van der Waals surface area contributed by atoms with E-state index in [-0.39, 0.29) is 23.2 Å². The van der Waals surface area contributed by atoms with Gasteiger partial charge >= 0.3 is 18.1 Å². The molecule has 0 aromatic heterocycles. The van der Waals surface area contributed by atoms with Crippen molar-refractivity contribution >= 4 is 23.5 Å². The Hall–Kier alpha value is -3.67. The molecular weight excluding hydrogens is 546 g/mol. The van der Waals surface area contributed by atoms with Crippen molar-refractivity contribution in [3.8, 4) is 16.9 Å². The van der Waals surface area contributed by atoms with Crippen molar-refractivity contribution in [1.82, 2.24) is 5.32 Å². The third-order valence-corrected chi connectivity index (χ3v) is 6.14. The van der Waals surface area contributed by atoms with E-state index in [1.54, 1.807) is 30.3 Å². The highest BCUT2D eigenvalue weighted by Gasteiger charge is 2.38. The Morgan fingerprint density at radius 2 is 1.67 bits per heavy atom. The van der Waals surface area contributed by atoms with Crippen LogP contribution in [0.15, 0.2) is 60.7 Å². The van der Waals surface area contributed by atoms with E-state index < -0.39 is 30.0 Å². The predicted molar refractivity (Wildman–Crippen MR) is 135 cm³/mol. The zero-order chi connectivity index (χ0) is 28.7. The zero-order valence-electron chi connectivity index (χ0n) is 20.2. The standard InChI is InChI=1S/C25H23ClFNO4.C2HF3O2/c26-21-9-6-18(12-22(21)27)23(29)14-28-13-20-8-5-19-11-17(7-10-24(19)32-20)15-1-3-16(4-2-15)25(30)31;3-2(4,5)1(6)7/h1-4,6-7,9-12,20,23,28-29H,5,8,13-14H2,(H,30,31);(H,6,7)/t20-,23-;/m1./s1. The number of aromatic carboxylic acids is 1. The van der Waals surface area contributed by atoms with Gasteiger partial charge in [-0.25, -0.2) is 14.0 Å². The Balaban J connectivity index is 0.000000532. The second-order valence-electron chi connectivity index (χ2n) is 8.63. The number of rotatable bonds is 7. The number of aliphatic hydroxyl groups is 1. The first-order chi connectivity index (χ1) is 18.3. The molecule has 4 N–H and O–H groups in total. The lowest BCUT2D eigenvalue weighted by atomic mass is 9.96. The van der Waals surface area contributed by atoms with Crippen LogP contribution < -0.4 is 10.1 Å². The average Bonchev–Trinajstić information content (AvgIpc) is 2.89. The van der Waals surface area contributed by atoms with Crippen molar-refractivity contribution in [2.75, 3.05) is 13.1 Å². The number of carbonyl (C=O) groups is 2. The van der Waals surface area contributed by atoms with Crippen LogP contribution in [0.1, 0.15) is 34.0 Å². The van der Waals surface area contributed by atoms with E-state index in [0.29, 0.717) is 12.1 Å². The number of aliphatic carboxylic acids is 1. The van der Waals surface area contributed by atoms with Gasteiger partial charge in [0.1, 0.15) is 17.7 Å². The number of nitrogens with one attached hydrogen (secondary N) is 1. The van der Waals surface area contributed by atoms with Gasteiger partial charge in [0.2, 0.25) is 0 Å². The Labute approximate surface area is 225 Å². The van der Waals surface area contributed by atoms with Crippen LogP contribution in [0.2, 0.25) is 5.02 Å². The van der Waals surface area contributed by atoms with Crippen molar-refractivity contribution in [3.05, 3.63) is 88.2 Å². The Morgan fingerprint density at radius 1 is 1.03 bits per heavy atom. The fourth-order valence-corrected chi connectivity index (χ4v) is 3.91. The summed E-state index contributed by atoms with van der Waals surface area (Å²) >= 11 is 5.68. The molecule has 0 saturated carbocycles. The van der Waals surface area contributed by atoms with Gasteiger partial charge in [-0.3, -0.25) is 0 Å². The summed E-state index contributed by atoms with van der Waals surface area (Å²) in [4.78, 5) is 19.9. The lowest BCUT2D eigenvalue weighted by Crippen LogP contribution is -2.36. The molecule has 0 saturated heterocycles. The van der Waals surface area contributed by atoms with Gasteiger partial charge in [-0.05, 0) is 71.5 Å². The second-order valence-corrected chi connectivity index (χ2v) is 9.04. The number of carboxylic acid groups (broad SMARTS) is 2. The fraction of sp³-hybridized carbons (Fsp3) is 0.259. The minimum atomic E-state index is -5.08. The summed E-state index contributed by atoms with van der Waals surface area (Å²) in [7, 11) is 0. The summed E-state index contributed by atoms with van der Waals surface area (Å²) in [6.45, 7) is 0.837. The molecule has 0 aliphatic carbocycles. The minimum Gasteiger partial charge on any atom is -0.489 e. The summed E-state index contributed by atoms with van der Waals surface area (Å²) < 4.78 is 51.4. The van der Waals surface area contributed by atoms with E-state index in [1.165, 1.54) is 12.1 Å². The number of hydrogen-bond acceptors (Lipinski definition) is 5. The van der Waals surface area contributed by atoms with E-state index in [0.717, 1.165) is 35.3 Å². The number of alkyl halides is 3. The summed E-state index contributed by atoms with van der Waals surface area (Å²) in [6, 6.07) is 17.1. The molecule has 3 aromatic carbocycles. The van der Waals surface area contributed by atoms with Gasteiger partial charge in [-0.15, -0.1) is 0 Å². The monoisotopic (exact) mass is 569 g/mol. The van der Waals surface area contributed by atoms with Gasteiger partial charge in [0.15, 0.2) is 0 Å². The minimum absolute atomic E-state index is 0.0302. The normalized spacial score (nSPS) is 15.3. The summed E-state index contributed by atoms with van der Waals surface area (Å²) in [5, 5.41) is 29.7. The Bertz CT molecular complexity index is 1320. The van der Waals surface area contributed by atoms with Crippen LogP contribution in [0.5, 0.6) is 5.75 Å². The number of aryl methyl sites for hydroxylation is 1. The quantitative estimate of drug-likeness (QED) is 0.278. The van der Waals surface area contributed by atoms with E-state index in [1.807, 2.05) is 12.1 Å². The van der Waals surface area contributed by atoms with Crippen molar-refractivity contribution in [1.29, 1.82) is 0 Å². The van der Waals surface area contributed by atoms with E-state index >= 15 is 0 Å². The highest BCUT2D eigenvalue weighted by Crippen LogP contribution is 2.32. The fourth-order valence-electron chi connectivity index (χ4n) is 3.79. The smallest absolute Gasteiger partial charge is 0.489 e. The van der Waals surface area contributed by atoms with Gasteiger partial charge < -0.3 is 25.4 Å². The summed E-state index contributed by atoms with van der Waals surface area (Å²) in [6.07, 6.45) is -4.27. The third-order valence-electron chi connectivity index (χ3n) is 5.84. The van der Waals surface area contributed by atoms with Crippen LogP contribution >= 0.6 is 11.6 Å². The third kappa shape index (κ3) is 8.41. The maximum absolute atomic E-state index is 13.6. The summed E-state index contributed by atoms with van der Waals surface area (Å²) in [5.41, 5.74) is 3.81. The van der Waals surface area contributed by atoms with Crippen molar-refractivity contribution < 1.29 is 47.2 Å². The first kappa shape index (κ1) is 29.9. The molecule has 0 radical (unpaired) electrons. The van der Waals surface area contributed by atoms with E-state index in [4.69, 9.17) is 31.3 Å². The van der Waals surface area contributed by atoms with Crippen molar-refractivity contribution in [2.45, 2.75) is 31.2 Å². The highest BCUT2D eigenvalue weighted by atomic mass is 35.5. The SMILES string of the molecule is O=C(O)C(F)(F)F.O=C(O)c1ccc(-c2ccc3c(c2)CC[C@H](CNC[C@@H](O)c2ccc(Cl)c(F)c2)O3)cc1. The van der Waals surface area contributed by atoms with Crippen LogP contribution in [-0.4, -0.2) is 52.6 Å². The van der Waals surface area contributed by atoms with Gasteiger partial charge in [-0.2, -0.15) is 13.2 Å². The van der Waals surface area contributed by atoms with Gasteiger partial charge in [0.05, 0.1) is 16.7 Å². The lowest BCUT2D eigenvalue weighted by molar-refractivity contribution is -0.192.